The molecule has 0 aromatic heterocycles. The Morgan fingerprint density at radius 3 is 1.56 bits per heavy atom. The molecule has 0 spiro atoms. The molecule has 5 nitrogen and oxygen atoms in total. The van der Waals surface area contributed by atoms with Crippen molar-refractivity contribution in [3.63, 3.8) is 0 Å². The van der Waals surface area contributed by atoms with Gasteiger partial charge in [-0.15, -0.1) is 0 Å². The first-order valence-corrected chi connectivity index (χ1v) is 18.1. The first kappa shape index (κ1) is 42.2. The van der Waals surface area contributed by atoms with Gasteiger partial charge in [-0.3, -0.25) is 4.79 Å². The van der Waals surface area contributed by atoms with Gasteiger partial charge in [0.15, 0.2) is 0 Å². The molecule has 0 aliphatic carbocycles. The molecule has 0 bridgehead atoms. The fourth-order valence-electron chi connectivity index (χ4n) is 5.05. The van der Waals surface area contributed by atoms with Crippen molar-refractivity contribution in [2.24, 2.45) is 5.92 Å². The quantitative estimate of drug-likeness (QED) is 0.0469. The number of hydrogen-bond acceptors (Lipinski definition) is 5. The van der Waals surface area contributed by atoms with Crippen molar-refractivity contribution < 1.29 is 14.3 Å². The third kappa shape index (κ3) is 37.0. The van der Waals surface area contributed by atoms with E-state index < -0.39 is 0 Å². The molecule has 0 aromatic carbocycles. The second kappa shape index (κ2) is 39.1. The van der Waals surface area contributed by atoms with E-state index in [4.69, 9.17) is 4.74 Å². The number of nitrogens with one attached hydrogen (secondary N) is 2. The number of esters is 1. The van der Waals surface area contributed by atoms with Gasteiger partial charge in [0.25, 0.3) is 0 Å². The van der Waals surface area contributed by atoms with Crippen LogP contribution in [-0.2, 0) is 14.3 Å². The fourth-order valence-corrected chi connectivity index (χ4v) is 5.05. The highest BCUT2D eigenvalue weighted by molar-refractivity contribution is 5.72. The number of hydrogen-bond donors (Lipinski definition) is 2. The first-order chi connectivity index (χ1) is 20.2. The molecule has 0 aliphatic rings. The molecule has 0 saturated carbocycles. The minimum atomic E-state index is 0.0800. The highest BCUT2D eigenvalue weighted by atomic mass is 16.5. The van der Waals surface area contributed by atoms with E-state index in [1.807, 2.05) is 7.05 Å². The molecule has 5 heteroatoms. The Morgan fingerprint density at radius 2 is 1.02 bits per heavy atom. The third-order valence-electron chi connectivity index (χ3n) is 7.84. The normalized spacial score (nSPS) is 11.6. The monoisotopic (exact) mass is 583 g/mol. The lowest BCUT2D eigenvalue weighted by Gasteiger charge is -2.16. The number of aldehydes is 1. The zero-order valence-corrected chi connectivity index (χ0v) is 28.4. The number of unbranched alkanes of at least 4 members (excludes halogenated alkanes) is 18. The molecule has 1 atom stereocenters. The van der Waals surface area contributed by atoms with Crippen LogP contribution < -0.4 is 10.6 Å². The molecule has 0 fully saturated rings. The summed E-state index contributed by atoms with van der Waals surface area (Å²) in [7, 11) is 2.02. The fraction of sp³-hybridized carbons (Fsp3) is 0.944. The zero-order valence-electron chi connectivity index (χ0n) is 28.4. The zero-order chi connectivity index (χ0) is 30.5. The van der Waals surface area contributed by atoms with E-state index >= 15 is 0 Å². The number of carbonyl (C=O) groups is 2. The SMILES string of the molecule is CCCCCCC=O.CCCCCCCCC(CCCCCC)C(=O)OCCCCCCNCCCCCCNC. The summed E-state index contributed by atoms with van der Waals surface area (Å²) in [6.07, 6.45) is 31.2. The minimum Gasteiger partial charge on any atom is -0.465 e. The maximum absolute atomic E-state index is 12.7. The summed E-state index contributed by atoms with van der Waals surface area (Å²) in [6.45, 7) is 10.7. The second-order valence-corrected chi connectivity index (χ2v) is 12.0. The number of ether oxygens (including phenoxy) is 1. The smallest absolute Gasteiger partial charge is 0.308 e. The minimum absolute atomic E-state index is 0.0800. The van der Waals surface area contributed by atoms with Gasteiger partial charge in [0.1, 0.15) is 6.29 Å². The van der Waals surface area contributed by atoms with Crippen LogP contribution in [0.1, 0.15) is 181 Å². The van der Waals surface area contributed by atoms with Gasteiger partial charge in [0.05, 0.1) is 12.5 Å². The van der Waals surface area contributed by atoms with Crippen LogP contribution in [0.25, 0.3) is 0 Å². The van der Waals surface area contributed by atoms with Crippen LogP contribution >= 0.6 is 0 Å². The Labute approximate surface area is 257 Å². The van der Waals surface area contributed by atoms with Crippen LogP contribution in [0, 0.1) is 5.92 Å². The molecule has 0 aromatic rings. The lowest BCUT2D eigenvalue weighted by Crippen LogP contribution is -2.19. The molecule has 0 rings (SSSR count). The van der Waals surface area contributed by atoms with Crippen LogP contribution in [0.4, 0.5) is 0 Å². The van der Waals surface area contributed by atoms with E-state index in [1.165, 1.54) is 122 Å². The van der Waals surface area contributed by atoms with Crippen molar-refractivity contribution >= 4 is 12.3 Å². The number of carbonyl (C=O) groups excluding carboxylic acids is 2. The van der Waals surface area contributed by atoms with E-state index in [2.05, 4.69) is 31.4 Å². The average Bonchev–Trinajstić information content (AvgIpc) is 2.98. The van der Waals surface area contributed by atoms with Crippen molar-refractivity contribution in [2.45, 2.75) is 181 Å². The second-order valence-electron chi connectivity index (χ2n) is 12.0. The molecular formula is C36H74N2O3. The van der Waals surface area contributed by atoms with E-state index in [9.17, 15) is 9.59 Å². The Bertz CT molecular complexity index is 501. The highest BCUT2D eigenvalue weighted by Gasteiger charge is 2.19. The molecular weight excluding hydrogens is 508 g/mol. The standard InChI is InChI=1S/C29H60N2O2.C7H14O/c1-4-6-8-10-11-17-23-28(22-16-9-7-5-2)29(32)33-27-21-15-14-20-26-31-25-19-13-12-18-24-30-3;1-2-3-4-5-6-7-8/h28,30-31H,4-27H2,1-3H3;7H,2-6H2,1H3. The third-order valence-corrected chi connectivity index (χ3v) is 7.84. The van der Waals surface area contributed by atoms with Gasteiger partial charge in [0, 0.05) is 6.42 Å². The molecule has 1 unspecified atom stereocenters. The van der Waals surface area contributed by atoms with Gasteiger partial charge in [-0.2, -0.15) is 0 Å². The van der Waals surface area contributed by atoms with Crippen molar-refractivity contribution in [2.75, 3.05) is 33.3 Å². The van der Waals surface area contributed by atoms with Gasteiger partial charge in [-0.05, 0) is 71.6 Å². The van der Waals surface area contributed by atoms with Gasteiger partial charge in [-0.25, -0.2) is 0 Å². The predicted molar refractivity (Wildman–Crippen MR) is 180 cm³/mol. The van der Waals surface area contributed by atoms with Crippen LogP contribution in [-0.4, -0.2) is 45.5 Å². The Balaban J connectivity index is 0. The van der Waals surface area contributed by atoms with Gasteiger partial charge < -0.3 is 20.2 Å². The van der Waals surface area contributed by atoms with E-state index in [0.717, 1.165) is 64.4 Å². The Hall–Kier alpha value is -0.940. The first-order valence-electron chi connectivity index (χ1n) is 18.1. The van der Waals surface area contributed by atoms with Gasteiger partial charge in [-0.1, -0.05) is 130 Å². The number of rotatable bonds is 32. The van der Waals surface area contributed by atoms with Crippen molar-refractivity contribution in [1.29, 1.82) is 0 Å². The highest BCUT2D eigenvalue weighted by Crippen LogP contribution is 2.20. The summed E-state index contributed by atoms with van der Waals surface area (Å²) >= 11 is 0. The Morgan fingerprint density at radius 1 is 0.585 bits per heavy atom. The molecule has 0 radical (unpaired) electrons. The van der Waals surface area contributed by atoms with E-state index in [0.29, 0.717) is 6.61 Å². The van der Waals surface area contributed by atoms with Gasteiger partial charge >= 0.3 is 5.97 Å². The summed E-state index contributed by atoms with van der Waals surface area (Å²) in [5.41, 5.74) is 0. The maximum Gasteiger partial charge on any atom is 0.308 e. The lowest BCUT2D eigenvalue weighted by molar-refractivity contribution is -0.149. The summed E-state index contributed by atoms with van der Waals surface area (Å²) < 4.78 is 5.70. The van der Waals surface area contributed by atoms with Crippen LogP contribution in [0.15, 0.2) is 0 Å². The van der Waals surface area contributed by atoms with Crippen molar-refractivity contribution in [3.8, 4) is 0 Å². The summed E-state index contributed by atoms with van der Waals surface area (Å²) in [5, 5.41) is 6.77. The largest absolute Gasteiger partial charge is 0.465 e. The maximum atomic E-state index is 12.7. The van der Waals surface area contributed by atoms with Crippen LogP contribution in [0.2, 0.25) is 0 Å². The van der Waals surface area contributed by atoms with Crippen molar-refractivity contribution in [3.05, 3.63) is 0 Å². The summed E-state index contributed by atoms with van der Waals surface area (Å²) in [6, 6.07) is 0. The van der Waals surface area contributed by atoms with Crippen LogP contribution in [0.3, 0.4) is 0 Å². The molecule has 246 valence electrons. The molecule has 0 heterocycles. The summed E-state index contributed by atoms with van der Waals surface area (Å²) in [5.74, 6) is 0.215. The molecule has 0 saturated heterocycles. The van der Waals surface area contributed by atoms with Gasteiger partial charge in [0.2, 0.25) is 0 Å². The van der Waals surface area contributed by atoms with Crippen LogP contribution in [0.5, 0.6) is 0 Å². The molecule has 2 N–H and O–H groups in total. The summed E-state index contributed by atoms with van der Waals surface area (Å²) in [4.78, 5) is 22.4. The Kier molecular flexibility index (Phi) is 40.2. The molecule has 0 amide bonds. The lowest BCUT2D eigenvalue weighted by atomic mass is 9.94. The molecule has 0 aliphatic heterocycles. The van der Waals surface area contributed by atoms with E-state index in [-0.39, 0.29) is 11.9 Å². The predicted octanol–water partition coefficient (Wildman–Crippen LogP) is 9.95. The van der Waals surface area contributed by atoms with E-state index in [1.54, 1.807) is 0 Å². The molecule has 41 heavy (non-hydrogen) atoms. The topological polar surface area (TPSA) is 67.4 Å². The van der Waals surface area contributed by atoms with Crippen molar-refractivity contribution in [1.82, 2.24) is 10.6 Å². The average molecular weight is 583 g/mol.